The van der Waals surface area contributed by atoms with E-state index in [0.717, 1.165) is 37.4 Å². The molecule has 1 aliphatic heterocycles. The molecule has 0 saturated carbocycles. The summed E-state index contributed by atoms with van der Waals surface area (Å²) in [5.74, 6) is 1.38. The highest BCUT2D eigenvalue weighted by Gasteiger charge is 2.26. The van der Waals surface area contributed by atoms with Gasteiger partial charge in [0, 0.05) is 30.8 Å². The van der Waals surface area contributed by atoms with Crippen LogP contribution >= 0.6 is 12.2 Å². The molecule has 4 nitrogen and oxygen atoms in total. The van der Waals surface area contributed by atoms with Gasteiger partial charge in [-0.05, 0) is 25.0 Å². The van der Waals surface area contributed by atoms with Crippen molar-refractivity contribution in [1.29, 1.82) is 0 Å². The largest absolute Gasteiger partial charge is 0.389 e. The molecule has 1 aromatic heterocycles. The van der Waals surface area contributed by atoms with Crippen molar-refractivity contribution < 1.29 is 4.74 Å². The third-order valence-corrected chi connectivity index (χ3v) is 3.57. The van der Waals surface area contributed by atoms with Gasteiger partial charge in [-0.2, -0.15) is 0 Å². The maximum Gasteiger partial charge on any atom is 0.126 e. The van der Waals surface area contributed by atoms with E-state index in [9.17, 15) is 0 Å². The number of nitrogens with two attached hydrogens (primary N) is 1. The van der Waals surface area contributed by atoms with Crippen LogP contribution in [0.15, 0.2) is 18.3 Å². The Morgan fingerprint density at radius 1 is 1.67 bits per heavy atom. The van der Waals surface area contributed by atoms with Gasteiger partial charge in [0.05, 0.1) is 6.10 Å². The normalized spacial score (nSPS) is 22.9. The molecule has 2 rings (SSSR count). The second kappa shape index (κ2) is 6.11. The van der Waals surface area contributed by atoms with E-state index in [1.165, 1.54) is 0 Å². The highest BCUT2D eigenvalue weighted by Crippen LogP contribution is 2.23. The van der Waals surface area contributed by atoms with Crippen LogP contribution in [0.3, 0.4) is 0 Å². The van der Waals surface area contributed by atoms with E-state index in [2.05, 4.69) is 17.2 Å². The molecule has 98 valence electrons. The smallest absolute Gasteiger partial charge is 0.126 e. The Kier molecular flexibility index (Phi) is 4.49. The summed E-state index contributed by atoms with van der Waals surface area (Å²) >= 11 is 4.95. The molecule has 0 amide bonds. The first-order valence-electron chi connectivity index (χ1n) is 6.32. The van der Waals surface area contributed by atoms with Crippen LogP contribution < -0.4 is 11.1 Å². The predicted octanol–water partition coefficient (Wildman–Crippen LogP) is 1.94. The van der Waals surface area contributed by atoms with Crippen molar-refractivity contribution >= 4 is 23.0 Å². The number of nitrogens with one attached hydrogen (secondary N) is 1. The second-order valence-electron chi connectivity index (χ2n) is 4.54. The Bertz CT molecular complexity index is 424. The average molecular weight is 265 g/mol. The van der Waals surface area contributed by atoms with Crippen molar-refractivity contribution in [2.45, 2.75) is 25.9 Å². The number of nitrogens with zero attached hydrogens (tertiary/aromatic N) is 1. The van der Waals surface area contributed by atoms with Gasteiger partial charge in [0.2, 0.25) is 0 Å². The van der Waals surface area contributed by atoms with Gasteiger partial charge in [0.25, 0.3) is 0 Å². The minimum Gasteiger partial charge on any atom is -0.389 e. The first kappa shape index (κ1) is 13.2. The average Bonchev–Trinajstić information content (AvgIpc) is 2.84. The SMILES string of the molecule is CCC1OCCC1CNc1cc(C(N)=S)ccn1. The maximum absolute atomic E-state index is 5.66. The molecule has 0 bridgehead atoms. The van der Waals surface area contributed by atoms with Crippen LogP contribution in [0.25, 0.3) is 0 Å². The first-order valence-corrected chi connectivity index (χ1v) is 6.73. The standard InChI is InChI=1S/C13H19N3OS/c1-2-11-10(4-6-17-11)8-16-12-7-9(13(14)18)3-5-15-12/h3,5,7,10-11H,2,4,6,8H2,1H3,(H2,14,18)(H,15,16). The van der Waals surface area contributed by atoms with Gasteiger partial charge in [-0.1, -0.05) is 19.1 Å². The third-order valence-electron chi connectivity index (χ3n) is 3.34. The van der Waals surface area contributed by atoms with Crippen LogP contribution in [0, 0.1) is 5.92 Å². The molecule has 0 aliphatic carbocycles. The summed E-state index contributed by atoms with van der Waals surface area (Å²) < 4.78 is 5.66. The minimum atomic E-state index is 0.372. The summed E-state index contributed by atoms with van der Waals surface area (Å²) in [7, 11) is 0. The number of rotatable bonds is 5. The second-order valence-corrected chi connectivity index (χ2v) is 4.98. The fraction of sp³-hybridized carbons (Fsp3) is 0.538. The summed E-state index contributed by atoms with van der Waals surface area (Å²) in [5, 5.41) is 3.34. The molecule has 2 atom stereocenters. The van der Waals surface area contributed by atoms with Crippen LogP contribution in [0.4, 0.5) is 5.82 Å². The molecule has 1 saturated heterocycles. The Labute approximate surface area is 113 Å². The number of aromatic nitrogens is 1. The monoisotopic (exact) mass is 265 g/mol. The number of ether oxygens (including phenoxy) is 1. The molecule has 0 aromatic carbocycles. The molecule has 2 heterocycles. The van der Waals surface area contributed by atoms with Crippen molar-refractivity contribution in [2.75, 3.05) is 18.5 Å². The molecule has 0 spiro atoms. The summed E-state index contributed by atoms with van der Waals surface area (Å²) in [6, 6.07) is 3.71. The van der Waals surface area contributed by atoms with Gasteiger partial charge in [-0.3, -0.25) is 0 Å². The zero-order valence-corrected chi connectivity index (χ0v) is 11.4. The lowest BCUT2D eigenvalue weighted by molar-refractivity contribution is 0.0900. The molecular formula is C13H19N3OS. The first-order chi connectivity index (χ1) is 8.70. The molecule has 5 heteroatoms. The number of thiocarbonyl (C=S) groups is 1. The molecule has 0 radical (unpaired) electrons. The minimum absolute atomic E-state index is 0.372. The van der Waals surface area contributed by atoms with E-state index in [0.29, 0.717) is 17.0 Å². The molecule has 1 aromatic rings. The van der Waals surface area contributed by atoms with Gasteiger partial charge in [0.15, 0.2) is 0 Å². The zero-order chi connectivity index (χ0) is 13.0. The summed E-state index contributed by atoms with van der Waals surface area (Å²) in [5.41, 5.74) is 6.45. The lowest BCUT2D eigenvalue weighted by Crippen LogP contribution is -2.23. The maximum atomic E-state index is 5.66. The summed E-state index contributed by atoms with van der Waals surface area (Å²) in [4.78, 5) is 4.67. The van der Waals surface area contributed by atoms with E-state index in [4.69, 9.17) is 22.7 Å². The lowest BCUT2D eigenvalue weighted by atomic mass is 10.00. The highest BCUT2D eigenvalue weighted by molar-refractivity contribution is 7.80. The van der Waals surface area contributed by atoms with Crippen LogP contribution in [-0.4, -0.2) is 29.2 Å². The predicted molar refractivity (Wildman–Crippen MR) is 76.8 cm³/mol. The number of hydrogen-bond donors (Lipinski definition) is 2. The zero-order valence-electron chi connectivity index (χ0n) is 10.6. The van der Waals surface area contributed by atoms with E-state index < -0.39 is 0 Å². The van der Waals surface area contributed by atoms with E-state index in [1.54, 1.807) is 6.20 Å². The van der Waals surface area contributed by atoms with Crippen LogP contribution in [0.2, 0.25) is 0 Å². The third kappa shape index (κ3) is 3.17. The Balaban J connectivity index is 1.93. The molecule has 1 fully saturated rings. The van der Waals surface area contributed by atoms with Crippen molar-refractivity contribution in [1.82, 2.24) is 4.98 Å². The molecule has 2 unspecified atom stereocenters. The Morgan fingerprint density at radius 2 is 2.50 bits per heavy atom. The molecule has 18 heavy (non-hydrogen) atoms. The van der Waals surface area contributed by atoms with E-state index in [1.807, 2.05) is 12.1 Å². The van der Waals surface area contributed by atoms with Gasteiger partial charge in [-0.15, -0.1) is 0 Å². The fourth-order valence-electron chi connectivity index (χ4n) is 2.29. The lowest BCUT2D eigenvalue weighted by Gasteiger charge is -2.17. The van der Waals surface area contributed by atoms with Gasteiger partial charge in [0.1, 0.15) is 10.8 Å². The number of pyridine rings is 1. The number of hydrogen-bond acceptors (Lipinski definition) is 4. The van der Waals surface area contributed by atoms with Crippen molar-refractivity contribution in [3.05, 3.63) is 23.9 Å². The number of anilines is 1. The summed E-state index contributed by atoms with van der Waals surface area (Å²) in [6.07, 6.45) is 4.27. The van der Waals surface area contributed by atoms with Crippen LogP contribution in [0.1, 0.15) is 25.3 Å². The van der Waals surface area contributed by atoms with Gasteiger partial charge in [-0.25, -0.2) is 4.98 Å². The quantitative estimate of drug-likeness (QED) is 0.797. The van der Waals surface area contributed by atoms with Gasteiger partial charge >= 0.3 is 0 Å². The fourth-order valence-corrected chi connectivity index (χ4v) is 2.42. The van der Waals surface area contributed by atoms with Crippen molar-refractivity contribution in [3.8, 4) is 0 Å². The highest BCUT2D eigenvalue weighted by atomic mass is 32.1. The van der Waals surface area contributed by atoms with E-state index >= 15 is 0 Å². The molecule has 1 aliphatic rings. The van der Waals surface area contributed by atoms with Crippen molar-refractivity contribution in [2.24, 2.45) is 11.7 Å². The topological polar surface area (TPSA) is 60.2 Å². The van der Waals surface area contributed by atoms with E-state index in [-0.39, 0.29) is 0 Å². The molecule has 3 N–H and O–H groups in total. The van der Waals surface area contributed by atoms with Crippen LogP contribution in [0.5, 0.6) is 0 Å². The van der Waals surface area contributed by atoms with Crippen molar-refractivity contribution in [3.63, 3.8) is 0 Å². The van der Waals surface area contributed by atoms with Crippen LogP contribution in [-0.2, 0) is 4.74 Å². The van der Waals surface area contributed by atoms with Gasteiger partial charge < -0.3 is 15.8 Å². The Morgan fingerprint density at radius 3 is 3.22 bits per heavy atom. The molecular weight excluding hydrogens is 246 g/mol. The summed E-state index contributed by atoms with van der Waals surface area (Å²) in [6.45, 7) is 3.91. The Hall–Kier alpha value is -1.20.